The number of hydrogen-bond acceptors (Lipinski definition) is 5. The molecule has 0 bridgehead atoms. The summed E-state index contributed by atoms with van der Waals surface area (Å²) in [4.78, 5) is 11.3. The summed E-state index contributed by atoms with van der Waals surface area (Å²) in [5.41, 5.74) is 2.12. The third-order valence-corrected chi connectivity index (χ3v) is 5.55. The van der Waals surface area contributed by atoms with Gasteiger partial charge in [0, 0.05) is 13.3 Å². The van der Waals surface area contributed by atoms with E-state index in [2.05, 4.69) is 0 Å². The smallest absolute Gasteiger partial charge is 0.303 e. The highest BCUT2D eigenvalue weighted by atomic mass is 32.2. The van der Waals surface area contributed by atoms with Crippen molar-refractivity contribution < 1.29 is 19.0 Å². The van der Waals surface area contributed by atoms with Crippen LogP contribution in [0.5, 0.6) is 0 Å². The molecule has 5 heteroatoms. The summed E-state index contributed by atoms with van der Waals surface area (Å²) in [5, 5.41) is 0.145. The third-order valence-electron chi connectivity index (χ3n) is 4.16. The second-order valence-corrected chi connectivity index (χ2v) is 7.69. The van der Waals surface area contributed by atoms with Crippen molar-refractivity contribution in [3.63, 3.8) is 0 Å². The molecule has 0 saturated carbocycles. The number of benzene rings is 2. The second-order valence-electron chi connectivity index (χ2n) is 6.29. The van der Waals surface area contributed by atoms with Gasteiger partial charge in [0.25, 0.3) is 0 Å². The van der Waals surface area contributed by atoms with Crippen molar-refractivity contribution in [3.8, 4) is 0 Å². The van der Waals surface area contributed by atoms with Gasteiger partial charge in [0.1, 0.15) is 0 Å². The van der Waals surface area contributed by atoms with Crippen LogP contribution >= 0.6 is 11.8 Å². The predicted molar refractivity (Wildman–Crippen MR) is 103 cm³/mol. The van der Waals surface area contributed by atoms with Gasteiger partial charge in [-0.15, -0.1) is 11.8 Å². The first kappa shape index (κ1) is 19.0. The van der Waals surface area contributed by atoms with E-state index in [9.17, 15) is 4.79 Å². The van der Waals surface area contributed by atoms with Gasteiger partial charge in [-0.05, 0) is 11.1 Å². The minimum atomic E-state index is -0.254. The Bertz CT molecular complexity index is 677. The zero-order chi connectivity index (χ0) is 18.2. The molecule has 2 aromatic rings. The third kappa shape index (κ3) is 5.87. The van der Waals surface area contributed by atoms with Gasteiger partial charge >= 0.3 is 5.97 Å². The zero-order valence-electron chi connectivity index (χ0n) is 14.9. The number of ether oxygens (including phenoxy) is 3. The van der Waals surface area contributed by atoms with E-state index in [-0.39, 0.29) is 22.8 Å². The van der Waals surface area contributed by atoms with Gasteiger partial charge in [0.15, 0.2) is 5.44 Å². The number of carbonyl (C=O) groups excluding carboxylic acids is 1. The van der Waals surface area contributed by atoms with Gasteiger partial charge in [-0.25, -0.2) is 0 Å². The number of esters is 1. The van der Waals surface area contributed by atoms with Gasteiger partial charge in [-0.2, -0.15) is 0 Å². The van der Waals surface area contributed by atoms with Crippen molar-refractivity contribution in [1.82, 2.24) is 0 Å². The molecule has 1 heterocycles. The lowest BCUT2D eigenvalue weighted by atomic mass is 10.2. The molecule has 4 nitrogen and oxygen atoms in total. The maximum absolute atomic E-state index is 11.3. The summed E-state index contributed by atoms with van der Waals surface area (Å²) in [5.74, 6) is -0.254. The summed E-state index contributed by atoms with van der Waals surface area (Å²) in [6, 6.07) is 20.2. The highest BCUT2D eigenvalue weighted by Gasteiger charge is 2.37. The molecule has 1 aliphatic heterocycles. The van der Waals surface area contributed by atoms with Crippen molar-refractivity contribution in [2.45, 2.75) is 43.3 Å². The molecular formula is C21H24O4S. The molecule has 26 heavy (non-hydrogen) atoms. The highest BCUT2D eigenvalue weighted by molar-refractivity contribution is 8.00. The Hall–Kier alpha value is -1.82. The molecular weight excluding hydrogens is 348 g/mol. The maximum atomic E-state index is 11.3. The summed E-state index contributed by atoms with van der Waals surface area (Å²) in [7, 11) is 0. The van der Waals surface area contributed by atoms with E-state index in [4.69, 9.17) is 14.2 Å². The van der Waals surface area contributed by atoms with E-state index >= 15 is 0 Å². The Morgan fingerprint density at radius 1 is 1.00 bits per heavy atom. The molecule has 0 aliphatic carbocycles. The Morgan fingerprint density at radius 3 is 2.23 bits per heavy atom. The molecule has 3 rings (SSSR count). The Balaban J connectivity index is 1.53. The molecule has 0 aromatic heterocycles. The van der Waals surface area contributed by atoms with Crippen LogP contribution in [-0.4, -0.2) is 29.4 Å². The van der Waals surface area contributed by atoms with Crippen LogP contribution in [0, 0.1) is 0 Å². The minimum Gasteiger partial charge on any atom is -0.451 e. The van der Waals surface area contributed by atoms with Crippen LogP contribution in [0.15, 0.2) is 60.7 Å². The fourth-order valence-corrected chi connectivity index (χ4v) is 4.33. The van der Waals surface area contributed by atoms with E-state index in [1.165, 1.54) is 6.92 Å². The largest absolute Gasteiger partial charge is 0.451 e. The molecule has 0 unspecified atom stereocenters. The van der Waals surface area contributed by atoms with Crippen LogP contribution in [0.2, 0.25) is 0 Å². The van der Waals surface area contributed by atoms with E-state index in [0.717, 1.165) is 11.1 Å². The molecule has 138 valence electrons. The molecule has 0 amide bonds. The van der Waals surface area contributed by atoms with Gasteiger partial charge < -0.3 is 14.2 Å². The van der Waals surface area contributed by atoms with Gasteiger partial charge in [0.05, 0.1) is 31.2 Å². The van der Waals surface area contributed by atoms with Crippen LogP contribution in [0.4, 0.5) is 0 Å². The number of rotatable bonds is 8. The second kappa shape index (κ2) is 9.76. The highest BCUT2D eigenvalue weighted by Crippen LogP contribution is 2.37. The summed E-state index contributed by atoms with van der Waals surface area (Å²) >= 11 is 1.62. The Morgan fingerprint density at radius 2 is 1.62 bits per heavy atom. The standard InChI is InChI=1S/C21H24O4S/c1-16(22)25-21-12-19(24-14-18-10-6-3-7-11-18)20(26-21)15-23-13-17-8-4-2-5-9-17/h2-11,19-21H,12-15H2,1H3/t19-,20-,21+/m0/s1. The van der Waals surface area contributed by atoms with Crippen molar-refractivity contribution in [2.24, 2.45) is 0 Å². The van der Waals surface area contributed by atoms with Gasteiger partial charge in [-0.1, -0.05) is 60.7 Å². The van der Waals surface area contributed by atoms with Gasteiger partial charge in [0.2, 0.25) is 0 Å². The fraction of sp³-hybridized carbons (Fsp3) is 0.381. The molecule has 2 aromatic carbocycles. The maximum Gasteiger partial charge on any atom is 0.303 e. The summed E-state index contributed by atoms with van der Waals surface area (Å²) in [6.45, 7) is 3.13. The number of hydrogen-bond donors (Lipinski definition) is 0. The monoisotopic (exact) mass is 372 g/mol. The van der Waals surface area contributed by atoms with Crippen LogP contribution < -0.4 is 0 Å². The molecule has 1 fully saturated rings. The lowest BCUT2D eigenvalue weighted by molar-refractivity contribution is -0.143. The minimum absolute atomic E-state index is 0.000305. The first-order chi connectivity index (χ1) is 12.7. The van der Waals surface area contributed by atoms with Crippen molar-refractivity contribution in [1.29, 1.82) is 0 Å². The summed E-state index contributed by atoms with van der Waals surface area (Å²) in [6.07, 6.45) is 0.691. The molecule has 0 radical (unpaired) electrons. The SMILES string of the molecule is CC(=O)O[C@H]1C[C@H](OCc2ccccc2)[C@H](COCc2ccccc2)S1. The average molecular weight is 372 g/mol. The topological polar surface area (TPSA) is 44.8 Å². The molecule has 3 atom stereocenters. The predicted octanol–water partition coefficient (Wildman–Crippen LogP) is 4.18. The number of carbonyl (C=O) groups is 1. The average Bonchev–Trinajstić information content (AvgIpc) is 3.02. The first-order valence-electron chi connectivity index (χ1n) is 8.80. The number of thioether (sulfide) groups is 1. The first-order valence-corrected chi connectivity index (χ1v) is 9.75. The zero-order valence-corrected chi connectivity index (χ0v) is 15.7. The quantitative estimate of drug-likeness (QED) is 0.651. The van der Waals surface area contributed by atoms with Crippen LogP contribution in [0.1, 0.15) is 24.5 Å². The van der Waals surface area contributed by atoms with E-state index in [1.54, 1.807) is 11.8 Å². The van der Waals surface area contributed by atoms with Crippen LogP contribution in [0.25, 0.3) is 0 Å². The van der Waals surface area contributed by atoms with Crippen LogP contribution in [-0.2, 0) is 32.2 Å². The Kier molecular flexibility index (Phi) is 7.12. The lowest BCUT2D eigenvalue weighted by Gasteiger charge is -2.19. The van der Waals surface area contributed by atoms with E-state index < -0.39 is 0 Å². The lowest BCUT2D eigenvalue weighted by Crippen LogP contribution is -2.26. The van der Waals surface area contributed by atoms with E-state index in [1.807, 2.05) is 60.7 Å². The van der Waals surface area contributed by atoms with Crippen LogP contribution in [0.3, 0.4) is 0 Å². The molecule has 1 aliphatic rings. The summed E-state index contributed by atoms with van der Waals surface area (Å²) < 4.78 is 17.4. The van der Waals surface area contributed by atoms with Gasteiger partial charge in [-0.3, -0.25) is 4.79 Å². The van der Waals surface area contributed by atoms with Crippen molar-refractivity contribution >= 4 is 17.7 Å². The normalized spacial score (nSPS) is 22.3. The molecule has 0 N–H and O–H groups in total. The molecule has 1 saturated heterocycles. The van der Waals surface area contributed by atoms with E-state index in [0.29, 0.717) is 26.2 Å². The van der Waals surface area contributed by atoms with Crippen molar-refractivity contribution in [2.75, 3.05) is 6.61 Å². The molecule has 0 spiro atoms. The van der Waals surface area contributed by atoms with Crippen molar-refractivity contribution in [3.05, 3.63) is 71.8 Å². The fourth-order valence-electron chi connectivity index (χ4n) is 2.91. The Labute approximate surface area is 158 Å².